The molecule has 0 spiro atoms. The number of carbonyl (C=O) groups excluding carboxylic acids is 1. The molecule has 0 bridgehead atoms. The smallest absolute Gasteiger partial charge is 0.261 e. The van der Waals surface area contributed by atoms with Gasteiger partial charge < -0.3 is 10.1 Å². The average molecular weight is 407 g/mol. The Morgan fingerprint density at radius 2 is 1.93 bits per heavy atom. The molecule has 1 unspecified atom stereocenters. The van der Waals surface area contributed by atoms with Crippen LogP contribution >= 0.6 is 0 Å². The molecule has 0 radical (unpaired) electrons. The Kier molecular flexibility index (Phi) is 7.89. The maximum atomic E-state index is 11.2. The summed E-state index contributed by atoms with van der Waals surface area (Å²) in [7, 11) is 0. The van der Waals surface area contributed by atoms with Gasteiger partial charge in [0.2, 0.25) is 18.2 Å². The molecule has 1 amide bonds. The summed E-state index contributed by atoms with van der Waals surface area (Å²) in [6.07, 6.45) is 1.40. The number of aromatic nitrogens is 2. The van der Waals surface area contributed by atoms with Gasteiger partial charge in [-0.25, -0.2) is 13.9 Å². The Morgan fingerprint density at radius 1 is 1.25 bits per heavy atom. The number of hydrogen-bond donors (Lipinski definition) is 3. The van der Waals surface area contributed by atoms with Crippen molar-refractivity contribution in [3.63, 3.8) is 0 Å². The Morgan fingerprint density at radius 3 is 2.50 bits per heavy atom. The second kappa shape index (κ2) is 10.1. The number of benzene rings is 1. The lowest BCUT2D eigenvalue weighted by molar-refractivity contribution is -0.110. The fraction of sp³-hybridized carbons (Fsp3) is 0.421. The van der Waals surface area contributed by atoms with Crippen LogP contribution in [0.15, 0.2) is 24.3 Å². The van der Waals surface area contributed by atoms with Crippen molar-refractivity contribution in [2.24, 2.45) is 5.92 Å². The molecule has 1 heterocycles. The van der Waals surface area contributed by atoms with Gasteiger partial charge in [0.05, 0.1) is 11.7 Å². The first-order chi connectivity index (χ1) is 13.3. The summed E-state index contributed by atoms with van der Waals surface area (Å²) in [6, 6.07) is 7.41. The van der Waals surface area contributed by atoms with Gasteiger partial charge in [-0.15, -0.1) is 0 Å². The number of carbonyl (C=O) groups is 1. The summed E-state index contributed by atoms with van der Waals surface area (Å²) in [6.45, 7) is 8.27. The standard InChI is InChI=1S/C19H26N4O4S/c1-12(2)8-15(20-11-24)10-27-17-9-16(21-19(22-17)23-28(25)26)18-13(3)6-5-7-14(18)4/h5-7,9,11-12,15H,8,10H2,1-4H3,(H,20,24)(H,25,26)(H,21,22,23)/t15-/m1/s1. The Hall–Kier alpha value is -2.52. The second-order valence-corrected chi connectivity index (χ2v) is 7.66. The number of amides is 1. The molecule has 28 heavy (non-hydrogen) atoms. The van der Waals surface area contributed by atoms with E-state index in [9.17, 15) is 9.00 Å². The SMILES string of the molecule is Cc1cccc(C)c1-c1cc(OC[C@@H](CC(C)C)NC=O)nc(NS(=O)O)n1. The number of anilines is 1. The van der Waals surface area contributed by atoms with Crippen LogP contribution in [0.5, 0.6) is 5.88 Å². The van der Waals surface area contributed by atoms with Crippen molar-refractivity contribution in [1.29, 1.82) is 0 Å². The normalized spacial score (nSPS) is 13.1. The molecule has 1 aromatic carbocycles. The molecule has 152 valence electrons. The zero-order chi connectivity index (χ0) is 20.7. The molecular weight excluding hydrogens is 380 g/mol. The van der Waals surface area contributed by atoms with Gasteiger partial charge in [-0.3, -0.25) is 9.35 Å². The molecule has 2 atom stereocenters. The highest BCUT2D eigenvalue weighted by Gasteiger charge is 2.15. The first kappa shape index (κ1) is 21.8. The number of aryl methyl sites for hydroxylation is 2. The summed E-state index contributed by atoms with van der Waals surface area (Å²) in [4.78, 5) is 19.3. The minimum absolute atomic E-state index is 0.0141. The molecule has 3 N–H and O–H groups in total. The molecule has 0 fully saturated rings. The fourth-order valence-corrected chi connectivity index (χ4v) is 3.25. The van der Waals surface area contributed by atoms with Gasteiger partial charge in [0, 0.05) is 11.6 Å². The first-order valence-corrected chi connectivity index (χ1v) is 10.1. The third-order valence-electron chi connectivity index (χ3n) is 4.11. The molecule has 0 aliphatic rings. The number of ether oxygens (including phenoxy) is 1. The maximum absolute atomic E-state index is 11.2. The minimum atomic E-state index is -2.31. The summed E-state index contributed by atoms with van der Waals surface area (Å²) >= 11 is -2.31. The van der Waals surface area contributed by atoms with Crippen LogP contribution in [0.25, 0.3) is 11.3 Å². The van der Waals surface area contributed by atoms with Gasteiger partial charge in [-0.05, 0) is 37.3 Å². The third kappa shape index (κ3) is 6.28. The van der Waals surface area contributed by atoms with E-state index in [2.05, 4.69) is 33.9 Å². The highest BCUT2D eigenvalue weighted by molar-refractivity contribution is 7.80. The van der Waals surface area contributed by atoms with Crippen LogP contribution in [0.3, 0.4) is 0 Å². The number of nitrogens with one attached hydrogen (secondary N) is 2. The molecule has 2 aromatic rings. The van der Waals surface area contributed by atoms with Gasteiger partial charge >= 0.3 is 0 Å². The van der Waals surface area contributed by atoms with E-state index in [-0.39, 0.29) is 24.5 Å². The zero-order valence-electron chi connectivity index (χ0n) is 16.4. The Balaban J connectivity index is 2.35. The van der Waals surface area contributed by atoms with Gasteiger partial charge in [-0.1, -0.05) is 32.0 Å². The van der Waals surface area contributed by atoms with Crippen LogP contribution in [0.2, 0.25) is 0 Å². The van der Waals surface area contributed by atoms with Gasteiger partial charge in [0.25, 0.3) is 11.3 Å². The zero-order valence-corrected chi connectivity index (χ0v) is 17.2. The summed E-state index contributed by atoms with van der Waals surface area (Å²) in [5.41, 5.74) is 3.52. The lowest BCUT2D eigenvalue weighted by Crippen LogP contribution is -2.35. The lowest BCUT2D eigenvalue weighted by atomic mass is 10.00. The molecule has 9 heteroatoms. The highest BCUT2D eigenvalue weighted by atomic mass is 32.2. The Bertz CT molecular complexity index is 824. The predicted molar refractivity (Wildman–Crippen MR) is 109 cm³/mol. The monoisotopic (exact) mass is 406 g/mol. The Labute approximate surface area is 167 Å². The molecule has 0 aliphatic carbocycles. The van der Waals surface area contributed by atoms with Gasteiger partial charge in [-0.2, -0.15) is 4.98 Å². The van der Waals surface area contributed by atoms with Gasteiger partial charge in [0.1, 0.15) is 6.61 Å². The van der Waals surface area contributed by atoms with E-state index in [1.54, 1.807) is 6.07 Å². The average Bonchev–Trinajstić information content (AvgIpc) is 2.58. The first-order valence-electron chi connectivity index (χ1n) is 8.95. The molecule has 1 aromatic heterocycles. The fourth-order valence-electron chi connectivity index (χ4n) is 3.00. The summed E-state index contributed by atoms with van der Waals surface area (Å²) in [5, 5.41) is 2.74. The number of nitrogens with zero attached hydrogens (tertiary/aromatic N) is 2. The van der Waals surface area contributed by atoms with Crippen molar-refractivity contribution >= 4 is 23.6 Å². The highest BCUT2D eigenvalue weighted by Crippen LogP contribution is 2.28. The lowest BCUT2D eigenvalue weighted by Gasteiger charge is -2.19. The molecule has 8 nitrogen and oxygen atoms in total. The minimum Gasteiger partial charge on any atom is -0.475 e. The molecule has 0 saturated heterocycles. The molecule has 2 rings (SSSR count). The van der Waals surface area contributed by atoms with Crippen molar-refractivity contribution in [3.8, 4) is 17.1 Å². The van der Waals surface area contributed by atoms with Crippen LogP contribution < -0.4 is 14.8 Å². The van der Waals surface area contributed by atoms with Crippen LogP contribution in [-0.4, -0.2) is 37.8 Å². The van der Waals surface area contributed by atoms with Crippen LogP contribution in [-0.2, 0) is 16.1 Å². The van der Waals surface area contributed by atoms with E-state index >= 15 is 0 Å². The molecule has 0 aliphatic heterocycles. The van der Waals surface area contributed by atoms with Crippen molar-refractivity contribution < 1.29 is 18.3 Å². The van der Waals surface area contributed by atoms with Crippen molar-refractivity contribution in [1.82, 2.24) is 15.3 Å². The summed E-state index contributed by atoms with van der Waals surface area (Å²) in [5.74, 6) is 0.618. The quantitative estimate of drug-likeness (QED) is 0.413. The third-order valence-corrected chi connectivity index (χ3v) is 4.47. The number of hydrogen-bond acceptors (Lipinski definition) is 5. The van der Waals surface area contributed by atoms with Crippen LogP contribution in [0, 0.1) is 19.8 Å². The van der Waals surface area contributed by atoms with E-state index in [0.29, 0.717) is 18.0 Å². The van der Waals surface area contributed by atoms with Crippen LogP contribution in [0.1, 0.15) is 31.4 Å². The van der Waals surface area contributed by atoms with Gasteiger partial charge in [0.15, 0.2) is 0 Å². The van der Waals surface area contributed by atoms with Crippen LogP contribution in [0.4, 0.5) is 5.95 Å². The maximum Gasteiger partial charge on any atom is 0.261 e. The van der Waals surface area contributed by atoms with E-state index < -0.39 is 11.3 Å². The molecular formula is C19H26N4O4S. The van der Waals surface area contributed by atoms with E-state index in [1.165, 1.54) is 0 Å². The van der Waals surface area contributed by atoms with Crippen molar-refractivity contribution in [3.05, 3.63) is 35.4 Å². The second-order valence-electron chi connectivity index (χ2n) is 6.96. The molecule has 0 saturated carbocycles. The topological polar surface area (TPSA) is 113 Å². The van der Waals surface area contributed by atoms with E-state index in [4.69, 9.17) is 9.29 Å². The van der Waals surface area contributed by atoms with E-state index in [0.717, 1.165) is 23.1 Å². The predicted octanol–water partition coefficient (Wildman–Crippen LogP) is 2.85. The number of rotatable bonds is 10. The summed E-state index contributed by atoms with van der Waals surface area (Å²) < 4.78 is 28.4. The van der Waals surface area contributed by atoms with Crippen molar-refractivity contribution in [2.45, 2.75) is 40.2 Å². The van der Waals surface area contributed by atoms with E-state index in [1.807, 2.05) is 32.0 Å². The van der Waals surface area contributed by atoms with Crippen molar-refractivity contribution in [2.75, 3.05) is 11.3 Å². The largest absolute Gasteiger partial charge is 0.475 e.